The maximum absolute atomic E-state index is 12.8. The zero-order chi connectivity index (χ0) is 11.7. The van der Waals surface area contributed by atoms with Crippen LogP contribution >= 0.6 is 0 Å². The molecule has 1 aromatic carbocycles. The smallest absolute Gasteiger partial charge is 0.315 e. The molecule has 0 radical (unpaired) electrons. The van der Waals surface area contributed by atoms with Crippen LogP contribution in [0.4, 0.5) is 9.18 Å². The van der Waals surface area contributed by atoms with Gasteiger partial charge in [0.2, 0.25) is 0 Å². The number of amides is 2. The van der Waals surface area contributed by atoms with Crippen LogP contribution in [0.25, 0.3) is 0 Å². The summed E-state index contributed by atoms with van der Waals surface area (Å²) in [5.41, 5.74) is 6.23. The number of carbonyl (C=O) groups excluding carboxylic acids is 1. The van der Waals surface area contributed by atoms with Crippen molar-refractivity contribution in [2.75, 3.05) is 7.05 Å². The Bertz CT molecular complexity index is 387. The van der Waals surface area contributed by atoms with Gasteiger partial charge in [-0.3, -0.25) is 0 Å². The van der Waals surface area contributed by atoms with Gasteiger partial charge in [-0.2, -0.15) is 0 Å². The molecular weight excluding hydrogens is 207 g/mol. The summed E-state index contributed by atoms with van der Waals surface area (Å²) in [5, 5.41) is 0. The summed E-state index contributed by atoms with van der Waals surface area (Å²) < 4.78 is 12.8. The van der Waals surface area contributed by atoms with E-state index in [0.29, 0.717) is 5.92 Å². The Balaban J connectivity index is 2.25. The van der Waals surface area contributed by atoms with Crippen molar-refractivity contribution in [1.82, 2.24) is 4.90 Å². The third-order valence-electron chi connectivity index (χ3n) is 3.04. The molecule has 4 heteroatoms. The Kier molecular flexibility index (Phi) is 2.81. The van der Waals surface area contributed by atoms with E-state index >= 15 is 0 Å². The van der Waals surface area contributed by atoms with Gasteiger partial charge < -0.3 is 10.6 Å². The van der Waals surface area contributed by atoms with Crippen molar-refractivity contribution < 1.29 is 9.18 Å². The molecule has 86 valence electrons. The first-order chi connectivity index (χ1) is 7.59. The number of nitrogens with two attached hydrogens (primary N) is 1. The first kappa shape index (κ1) is 10.9. The maximum atomic E-state index is 12.8. The van der Waals surface area contributed by atoms with E-state index in [0.717, 1.165) is 18.4 Å². The molecule has 0 heterocycles. The molecule has 0 aromatic heterocycles. The SMILES string of the molecule is CN(C(N)=O)[C@H](c1ccc(F)cc1)C1CC1. The molecule has 2 amide bonds. The second kappa shape index (κ2) is 4.12. The van der Waals surface area contributed by atoms with Gasteiger partial charge in [-0.15, -0.1) is 0 Å². The number of benzene rings is 1. The lowest BCUT2D eigenvalue weighted by Gasteiger charge is -2.27. The molecule has 0 aliphatic heterocycles. The normalized spacial score (nSPS) is 16.9. The summed E-state index contributed by atoms with van der Waals surface area (Å²) in [5.74, 6) is 0.197. The highest BCUT2D eigenvalue weighted by molar-refractivity contribution is 5.72. The van der Waals surface area contributed by atoms with Crippen LogP contribution < -0.4 is 5.73 Å². The zero-order valence-electron chi connectivity index (χ0n) is 9.19. The molecule has 0 bridgehead atoms. The minimum absolute atomic E-state index is 0.0156. The monoisotopic (exact) mass is 222 g/mol. The second-order valence-electron chi connectivity index (χ2n) is 4.28. The predicted octanol–water partition coefficient (Wildman–Crippen LogP) is 2.29. The van der Waals surface area contributed by atoms with Gasteiger partial charge >= 0.3 is 6.03 Å². The predicted molar refractivity (Wildman–Crippen MR) is 59.2 cm³/mol. The van der Waals surface area contributed by atoms with Crippen molar-refractivity contribution >= 4 is 6.03 Å². The number of urea groups is 1. The van der Waals surface area contributed by atoms with Gasteiger partial charge in [-0.1, -0.05) is 12.1 Å². The second-order valence-corrected chi connectivity index (χ2v) is 4.28. The third kappa shape index (κ3) is 2.15. The van der Waals surface area contributed by atoms with Crippen LogP contribution in [0.1, 0.15) is 24.4 Å². The molecule has 1 saturated carbocycles. The number of hydrogen-bond acceptors (Lipinski definition) is 1. The number of hydrogen-bond donors (Lipinski definition) is 1. The van der Waals surface area contributed by atoms with E-state index in [1.54, 1.807) is 19.2 Å². The van der Waals surface area contributed by atoms with Crippen molar-refractivity contribution in [2.45, 2.75) is 18.9 Å². The van der Waals surface area contributed by atoms with E-state index in [4.69, 9.17) is 5.73 Å². The highest BCUT2D eigenvalue weighted by Gasteiger charge is 2.36. The molecule has 0 saturated heterocycles. The summed E-state index contributed by atoms with van der Waals surface area (Å²) in [6.07, 6.45) is 2.19. The Morgan fingerprint density at radius 2 is 2.00 bits per heavy atom. The number of nitrogens with zero attached hydrogens (tertiary/aromatic N) is 1. The lowest BCUT2D eigenvalue weighted by atomic mass is 10.0. The highest BCUT2D eigenvalue weighted by Crippen LogP contribution is 2.43. The lowest BCUT2D eigenvalue weighted by molar-refractivity contribution is 0.193. The van der Waals surface area contributed by atoms with Gasteiger partial charge in [0.1, 0.15) is 5.82 Å². The average Bonchev–Trinajstić information content (AvgIpc) is 3.05. The lowest BCUT2D eigenvalue weighted by Crippen LogP contribution is -2.36. The fourth-order valence-corrected chi connectivity index (χ4v) is 2.02. The summed E-state index contributed by atoms with van der Waals surface area (Å²) in [6.45, 7) is 0. The van der Waals surface area contributed by atoms with E-state index in [1.165, 1.54) is 17.0 Å². The standard InChI is InChI=1S/C12H15FN2O/c1-15(12(14)16)11(8-2-3-8)9-4-6-10(13)7-5-9/h4-8,11H,2-3H2,1H3,(H2,14,16)/t11-/m0/s1. The van der Waals surface area contributed by atoms with Gasteiger partial charge in [0.25, 0.3) is 0 Å². The van der Waals surface area contributed by atoms with Crippen LogP contribution in [0.2, 0.25) is 0 Å². The topological polar surface area (TPSA) is 46.3 Å². The van der Waals surface area contributed by atoms with Crippen molar-refractivity contribution in [1.29, 1.82) is 0 Å². The quantitative estimate of drug-likeness (QED) is 0.838. The van der Waals surface area contributed by atoms with E-state index < -0.39 is 6.03 Å². The summed E-state index contributed by atoms with van der Waals surface area (Å²) in [7, 11) is 1.69. The molecule has 0 spiro atoms. The number of carbonyl (C=O) groups is 1. The third-order valence-corrected chi connectivity index (χ3v) is 3.04. The Morgan fingerprint density at radius 1 is 1.44 bits per heavy atom. The van der Waals surface area contributed by atoms with Crippen LogP contribution in [0, 0.1) is 11.7 Å². The van der Waals surface area contributed by atoms with Crippen molar-refractivity contribution in [3.8, 4) is 0 Å². The fourth-order valence-electron chi connectivity index (χ4n) is 2.02. The first-order valence-electron chi connectivity index (χ1n) is 5.37. The van der Waals surface area contributed by atoms with Gasteiger partial charge in [-0.25, -0.2) is 9.18 Å². The average molecular weight is 222 g/mol. The van der Waals surface area contributed by atoms with Gasteiger partial charge in [0, 0.05) is 7.05 Å². The van der Waals surface area contributed by atoms with Crippen LogP contribution in [0.15, 0.2) is 24.3 Å². The van der Waals surface area contributed by atoms with E-state index in [2.05, 4.69) is 0 Å². The molecule has 1 atom stereocenters. The van der Waals surface area contributed by atoms with E-state index in [9.17, 15) is 9.18 Å². The molecule has 3 nitrogen and oxygen atoms in total. The molecule has 1 aliphatic rings. The molecule has 0 unspecified atom stereocenters. The summed E-state index contributed by atoms with van der Waals surface area (Å²) in [4.78, 5) is 12.7. The minimum atomic E-state index is -0.443. The molecule has 1 fully saturated rings. The number of rotatable bonds is 3. The molecule has 2 rings (SSSR count). The van der Waals surface area contributed by atoms with Crippen LogP contribution in [0.5, 0.6) is 0 Å². The largest absolute Gasteiger partial charge is 0.351 e. The molecule has 16 heavy (non-hydrogen) atoms. The number of halogens is 1. The first-order valence-corrected chi connectivity index (χ1v) is 5.37. The van der Waals surface area contributed by atoms with Crippen molar-refractivity contribution in [3.63, 3.8) is 0 Å². The number of primary amides is 1. The maximum Gasteiger partial charge on any atom is 0.315 e. The molecule has 1 aromatic rings. The van der Waals surface area contributed by atoms with Crippen LogP contribution in [0.3, 0.4) is 0 Å². The van der Waals surface area contributed by atoms with Crippen LogP contribution in [-0.4, -0.2) is 18.0 Å². The Hall–Kier alpha value is -1.58. The van der Waals surface area contributed by atoms with E-state index in [-0.39, 0.29) is 11.9 Å². The zero-order valence-corrected chi connectivity index (χ0v) is 9.19. The van der Waals surface area contributed by atoms with Crippen LogP contribution in [-0.2, 0) is 0 Å². The minimum Gasteiger partial charge on any atom is -0.351 e. The van der Waals surface area contributed by atoms with E-state index in [1.807, 2.05) is 0 Å². The fraction of sp³-hybridized carbons (Fsp3) is 0.417. The highest BCUT2D eigenvalue weighted by atomic mass is 19.1. The van der Waals surface area contributed by atoms with Gasteiger partial charge in [0.05, 0.1) is 6.04 Å². The van der Waals surface area contributed by atoms with Crippen molar-refractivity contribution in [3.05, 3.63) is 35.6 Å². The Morgan fingerprint density at radius 3 is 2.44 bits per heavy atom. The summed E-state index contributed by atoms with van der Waals surface area (Å²) >= 11 is 0. The molecule has 1 aliphatic carbocycles. The van der Waals surface area contributed by atoms with Crippen molar-refractivity contribution in [2.24, 2.45) is 11.7 Å². The molecule has 2 N–H and O–H groups in total. The summed E-state index contributed by atoms with van der Waals surface area (Å²) in [6, 6.07) is 5.81. The Labute approximate surface area is 94.0 Å². The molecular formula is C12H15FN2O. The van der Waals surface area contributed by atoms with Gasteiger partial charge in [0.15, 0.2) is 0 Å². The van der Waals surface area contributed by atoms with Gasteiger partial charge in [-0.05, 0) is 36.5 Å².